The number of nitrogens with zero attached hydrogens (tertiary/aromatic N) is 2. The predicted molar refractivity (Wildman–Crippen MR) is 60.7 cm³/mol. The number of rotatable bonds is 5. The van der Waals surface area contributed by atoms with Gasteiger partial charge in [-0.2, -0.15) is 4.98 Å². The van der Waals surface area contributed by atoms with Crippen LogP contribution >= 0.6 is 11.8 Å². The first kappa shape index (κ1) is 12.7. The normalized spacial score (nSPS) is 10.4. The van der Waals surface area contributed by atoms with Crippen LogP contribution in [0.5, 0.6) is 0 Å². The van der Waals surface area contributed by atoms with Crippen molar-refractivity contribution in [3.63, 3.8) is 0 Å². The van der Waals surface area contributed by atoms with E-state index in [-0.39, 0.29) is 5.78 Å². The highest BCUT2D eigenvalue weighted by Gasteiger charge is 2.04. The Morgan fingerprint density at radius 3 is 2.81 bits per heavy atom. The summed E-state index contributed by atoms with van der Waals surface area (Å²) in [4.78, 5) is 36.2. The summed E-state index contributed by atoms with van der Waals surface area (Å²) in [6.07, 6.45) is 1.25. The van der Waals surface area contributed by atoms with E-state index in [2.05, 4.69) is 10.1 Å². The van der Waals surface area contributed by atoms with Crippen molar-refractivity contribution >= 4 is 17.5 Å². The molecule has 0 unspecified atom stereocenters. The molecule has 0 aliphatic heterocycles. The molecule has 16 heavy (non-hydrogen) atoms. The number of H-pyrrole nitrogens is 1. The second-order valence-corrected chi connectivity index (χ2v) is 4.42. The standard InChI is InChI=1S/C9H13N3O3S/c1-6(13)4-3-5-16-9-10-7(14)8(15)11-12(9)2/h3-5H2,1-2H3,(H,11,15). The lowest BCUT2D eigenvalue weighted by Gasteiger charge is -2.04. The van der Waals surface area contributed by atoms with Crippen molar-refractivity contribution in [2.24, 2.45) is 7.05 Å². The molecule has 0 saturated heterocycles. The van der Waals surface area contributed by atoms with Gasteiger partial charge in [-0.1, -0.05) is 11.8 Å². The van der Waals surface area contributed by atoms with Crippen molar-refractivity contribution < 1.29 is 4.79 Å². The second kappa shape index (κ2) is 5.64. The van der Waals surface area contributed by atoms with Crippen LogP contribution in [0.25, 0.3) is 0 Å². The minimum absolute atomic E-state index is 0.143. The number of ketones is 1. The number of carbonyl (C=O) groups is 1. The average molecular weight is 243 g/mol. The second-order valence-electron chi connectivity index (χ2n) is 3.35. The van der Waals surface area contributed by atoms with Crippen LogP contribution in [0.15, 0.2) is 14.7 Å². The molecule has 0 amide bonds. The summed E-state index contributed by atoms with van der Waals surface area (Å²) in [6, 6.07) is 0. The van der Waals surface area contributed by atoms with Gasteiger partial charge in [-0.15, -0.1) is 0 Å². The molecule has 0 aliphatic carbocycles. The zero-order valence-electron chi connectivity index (χ0n) is 9.15. The largest absolute Gasteiger partial charge is 0.339 e. The Hall–Kier alpha value is -1.37. The van der Waals surface area contributed by atoms with Gasteiger partial charge in [0.25, 0.3) is 0 Å². The summed E-state index contributed by atoms with van der Waals surface area (Å²) in [5.74, 6) is 0.829. The van der Waals surface area contributed by atoms with E-state index in [4.69, 9.17) is 0 Å². The van der Waals surface area contributed by atoms with Crippen LogP contribution in [0, 0.1) is 0 Å². The maximum absolute atomic E-state index is 11.0. The van der Waals surface area contributed by atoms with Crippen molar-refractivity contribution in [2.45, 2.75) is 24.9 Å². The van der Waals surface area contributed by atoms with E-state index in [1.54, 1.807) is 14.0 Å². The Morgan fingerprint density at radius 2 is 2.19 bits per heavy atom. The summed E-state index contributed by atoms with van der Waals surface area (Å²) in [7, 11) is 1.61. The lowest BCUT2D eigenvalue weighted by Crippen LogP contribution is -2.33. The molecule has 0 fully saturated rings. The third-order valence-corrected chi connectivity index (χ3v) is 2.97. The first-order valence-electron chi connectivity index (χ1n) is 4.80. The van der Waals surface area contributed by atoms with Gasteiger partial charge < -0.3 is 4.79 Å². The lowest BCUT2D eigenvalue weighted by molar-refractivity contribution is -0.117. The molecule has 1 rings (SSSR count). The Kier molecular flexibility index (Phi) is 4.48. The number of thioether (sulfide) groups is 1. The number of carbonyl (C=O) groups excluding carboxylic acids is 1. The van der Waals surface area contributed by atoms with Gasteiger partial charge in [-0.05, 0) is 13.3 Å². The quantitative estimate of drug-likeness (QED) is 0.444. The molecule has 1 aromatic heterocycles. The van der Waals surface area contributed by atoms with Gasteiger partial charge >= 0.3 is 11.1 Å². The first-order valence-corrected chi connectivity index (χ1v) is 5.79. The van der Waals surface area contributed by atoms with Gasteiger partial charge in [-0.25, -0.2) is 0 Å². The van der Waals surface area contributed by atoms with E-state index in [1.807, 2.05) is 0 Å². The van der Waals surface area contributed by atoms with E-state index in [9.17, 15) is 14.4 Å². The van der Waals surface area contributed by atoms with Crippen molar-refractivity contribution in [3.8, 4) is 0 Å². The zero-order chi connectivity index (χ0) is 12.1. The molecule has 0 bridgehead atoms. The first-order chi connectivity index (χ1) is 7.50. The van der Waals surface area contributed by atoms with Gasteiger partial charge in [0.1, 0.15) is 5.78 Å². The van der Waals surface area contributed by atoms with E-state index < -0.39 is 11.1 Å². The van der Waals surface area contributed by atoms with Gasteiger partial charge in [-0.3, -0.25) is 19.4 Å². The summed E-state index contributed by atoms with van der Waals surface area (Å²) in [6.45, 7) is 1.54. The summed E-state index contributed by atoms with van der Waals surface area (Å²) in [5.41, 5.74) is -1.51. The predicted octanol–water partition coefficient (Wildman–Crippen LogP) is -0.0701. The molecular formula is C9H13N3O3S. The highest BCUT2D eigenvalue weighted by Crippen LogP contribution is 2.13. The Morgan fingerprint density at radius 1 is 1.50 bits per heavy atom. The highest BCUT2D eigenvalue weighted by atomic mass is 32.2. The van der Waals surface area contributed by atoms with Crippen molar-refractivity contribution in [3.05, 3.63) is 20.7 Å². The van der Waals surface area contributed by atoms with Gasteiger partial charge in [0.05, 0.1) is 0 Å². The van der Waals surface area contributed by atoms with Crippen LogP contribution in [0.3, 0.4) is 0 Å². The van der Waals surface area contributed by atoms with Crippen molar-refractivity contribution in [1.29, 1.82) is 0 Å². The topological polar surface area (TPSA) is 84.8 Å². The molecule has 1 aromatic rings. The van der Waals surface area contributed by atoms with Crippen molar-refractivity contribution in [2.75, 3.05) is 5.75 Å². The fourth-order valence-electron chi connectivity index (χ4n) is 1.07. The molecule has 0 aliphatic rings. The van der Waals surface area contributed by atoms with Crippen LogP contribution in [-0.2, 0) is 11.8 Å². The number of Topliss-reactive ketones (excluding diaryl/α,β-unsaturated/α-hetero) is 1. The molecule has 0 spiro atoms. The molecule has 0 saturated carbocycles. The average Bonchev–Trinajstić information content (AvgIpc) is 2.19. The number of nitrogens with one attached hydrogen (secondary N) is 1. The fraction of sp³-hybridized carbons (Fsp3) is 0.556. The SMILES string of the molecule is CC(=O)CCCSc1nc(=O)c(=O)[nH]n1C. The van der Waals surface area contributed by atoms with E-state index in [1.165, 1.54) is 16.4 Å². The Bertz CT molecular complexity index is 492. The fourth-order valence-corrected chi connectivity index (χ4v) is 1.93. The number of hydrogen-bond acceptors (Lipinski definition) is 5. The monoisotopic (exact) mass is 243 g/mol. The minimum Gasteiger partial charge on any atom is -0.300 e. The summed E-state index contributed by atoms with van der Waals surface area (Å²) < 4.78 is 1.40. The maximum Gasteiger partial charge on any atom is 0.339 e. The van der Waals surface area contributed by atoms with Crippen LogP contribution in [0.1, 0.15) is 19.8 Å². The molecule has 0 atom stereocenters. The molecule has 0 radical (unpaired) electrons. The van der Waals surface area contributed by atoms with Crippen LogP contribution in [0.4, 0.5) is 0 Å². The van der Waals surface area contributed by atoms with Gasteiger partial charge in [0, 0.05) is 19.2 Å². The molecule has 88 valence electrons. The molecule has 6 nitrogen and oxygen atoms in total. The number of aromatic amines is 1. The zero-order valence-corrected chi connectivity index (χ0v) is 9.97. The third-order valence-electron chi connectivity index (χ3n) is 1.85. The number of aromatic nitrogens is 3. The number of hydrogen-bond donors (Lipinski definition) is 1. The molecule has 0 aromatic carbocycles. The molecule has 7 heteroatoms. The summed E-state index contributed by atoms with van der Waals surface area (Å²) >= 11 is 1.34. The van der Waals surface area contributed by atoms with Crippen LogP contribution in [-0.4, -0.2) is 26.3 Å². The minimum atomic E-state index is -0.785. The smallest absolute Gasteiger partial charge is 0.300 e. The Labute approximate surface area is 96.1 Å². The van der Waals surface area contributed by atoms with Gasteiger partial charge in [0.2, 0.25) is 0 Å². The van der Waals surface area contributed by atoms with Crippen LogP contribution < -0.4 is 11.1 Å². The highest BCUT2D eigenvalue weighted by molar-refractivity contribution is 7.99. The maximum atomic E-state index is 11.0. The van der Waals surface area contributed by atoms with E-state index in [0.717, 1.165) is 6.42 Å². The lowest BCUT2D eigenvalue weighted by atomic mass is 10.3. The van der Waals surface area contributed by atoms with E-state index >= 15 is 0 Å². The molecular weight excluding hydrogens is 230 g/mol. The Balaban J connectivity index is 2.61. The molecule has 1 heterocycles. The third kappa shape index (κ3) is 3.65. The number of aryl methyl sites for hydroxylation is 1. The van der Waals surface area contributed by atoms with E-state index in [0.29, 0.717) is 17.3 Å². The molecule has 1 N–H and O–H groups in total. The van der Waals surface area contributed by atoms with Gasteiger partial charge in [0.15, 0.2) is 5.16 Å². The van der Waals surface area contributed by atoms with Crippen molar-refractivity contribution in [1.82, 2.24) is 14.8 Å². The summed E-state index contributed by atoms with van der Waals surface area (Å²) in [5, 5.41) is 2.81. The van der Waals surface area contributed by atoms with Crippen LogP contribution in [0.2, 0.25) is 0 Å².